The lowest BCUT2D eigenvalue weighted by Crippen LogP contribution is -2.07. The van der Waals surface area contributed by atoms with Crippen LogP contribution < -0.4 is 4.74 Å². The Labute approximate surface area is 188 Å². The zero-order valence-corrected chi connectivity index (χ0v) is 19.0. The minimum Gasteiger partial charge on any atom is -0.507 e. The number of ether oxygens (including phenoxy) is 1. The molecular weight excluding hydrogens is 412 g/mol. The second kappa shape index (κ2) is 13.4. The lowest BCUT2D eigenvalue weighted by Gasteiger charge is -2.14. The predicted octanol–water partition coefficient (Wildman–Crippen LogP) is 3.97. The van der Waals surface area contributed by atoms with Gasteiger partial charge < -0.3 is 14.9 Å². The molecule has 9 heteroatoms. The van der Waals surface area contributed by atoms with Crippen LogP contribution in [0.3, 0.4) is 0 Å². The Hall–Kier alpha value is -2.97. The van der Waals surface area contributed by atoms with Crippen molar-refractivity contribution in [2.24, 2.45) is 0 Å². The number of aromatic nitrogens is 4. The smallest absolute Gasteiger partial charge is 0.303 e. The maximum Gasteiger partial charge on any atom is 0.303 e. The molecule has 0 fully saturated rings. The van der Waals surface area contributed by atoms with E-state index in [1.165, 1.54) is 6.92 Å². The van der Waals surface area contributed by atoms with Gasteiger partial charge in [-0.05, 0) is 61.6 Å². The summed E-state index contributed by atoms with van der Waals surface area (Å²) in [7, 11) is 0. The number of carbonyl (C=O) groups excluding carboxylic acids is 1. The molecule has 1 aromatic heterocycles. The molecule has 32 heavy (non-hydrogen) atoms. The van der Waals surface area contributed by atoms with Crippen LogP contribution in [0.4, 0.5) is 0 Å². The van der Waals surface area contributed by atoms with Gasteiger partial charge in [-0.25, -0.2) is 4.68 Å². The minimum atomic E-state index is -0.780. The number of tetrazole rings is 1. The van der Waals surface area contributed by atoms with E-state index in [0.29, 0.717) is 42.9 Å². The predicted molar refractivity (Wildman–Crippen MR) is 119 cm³/mol. The number of carboxylic acid groups (broad SMARTS) is 1. The van der Waals surface area contributed by atoms with Gasteiger partial charge in [-0.2, -0.15) is 0 Å². The number of benzene rings is 1. The fourth-order valence-corrected chi connectivity index (χ4v) is 3.56. The summed E-state index contributed by atoms with van der Waals surface area (Å²) in [6.45, 7) is 4.66. The number of hydrogen-bond donors (Lipinski definition) is 2. The van der Waals surface area contributed by atoms with Crippen LogP contribution in [-0.2, 0) is 24.2 Å². The second-order valence-corrected chi connectivity index (χ2v) is 7.93. The fraction of sp³-hybridized carbons (Fsp3) is 0.609. The molecular formula is C23H34N4O5. The number of unbranched alkanes of at least 4 members (excludes halogenated alkanes) is 4. The number of ketones is 1. The van der Waals surface area contributed by atoms with Crippen LogP contribution in [0.25, 0.3) is 0 Å². The Morgan fingerprint density at radius 2 is 1.84 bits per heavy atom. The summed E-state index contributed by atoms with van der Waals surface area (Å²) in [5.41, 5.74) is 1.04. The van der Waals surface area contributed by atoms with Crippen molar-refractivity contribution in [3.8, 4) is 11.5 Å². The third-order valence-electron chi connectivity index (χ3n) is 5.29. The number of phenols is 1. The van der Waals surface area contributed by atoms with Crippen molar-refractivity contribution in [1.29, 1.82) is 0 Å². The summed E-state index contributed by atoms with van der Waals surface area (Å²) in [6, 6.07) is 3.40. The van der Waals surface area contributed by atoms with E-state index in [4.69, 9.17) is 9.84 Å². The van der Waals surface area contributed by atoms with Crippen molar-refractivity contribution in [1.82, 2.24) is 20.2 Å². The highest BCUT2D eigenvalue weighted by molar-refractivity contribution is 5.97. The maximum absolute atomic E-state index is 11.7. The van der Waals surface area contributed by atoms with Gasteiger partial charge in [0, 0.05) is 24.9 Å². The highest BCUT2D eigenvalue weighted by Crippen LogP contribution is 2.33. The van der Waals surface area contributed by atoms with Crippen molar-refractivity contribution in [3.05, 3.63) is 29.1 Å². The maximum atomic E-state index is 11.7. The molecule has 0 spiro atoms. The van der Waals surface area contributed by atoms with E-state index < -0.39 is 5.97 Å². The zero-order chi connectivity index (χ0) is 23.3. The Morgan fingerprint density at radius 3 is 2.56 bits per heavy atom. The standard InChI is InChI=1S/C23H34N4O5/c1-3-10-19-20(14-13-18(17(2)28)23(19)31)32-16-9-5-4-6-11-21-24-25-26-27(21)15-8-7-12-22(29)30/h13-14,31H,3-12,15-16H2,1-2H3,(H,29,30). The fourth-order valence-electron chi connectivity index (χ4n) is 3.56. The molecule has 0 amide bonds. The molecule has 0 saturated heterocycles. The Morgan fingerprint density at radius 1 is 1.06 bits per heavy atom. The molecule has 9 nitrogen and oxygen atoms in total. The topological polar surface area (TPSA) is 127 Å². The van der Waals surface area contributed by atoms with Crippen LogP contribution in [0.2, 0.25) is 0 Å². The van der Waals surface area contributed by atoms with Gasteiger partial charge >= 0.3 is 5.97 Å². The summed E-state index contributed by atoms with van der Waals surface area (Å²) < 4.78 is 7.66. The molecule has 0 unspecified atom stereocenters. The van der Waals surface area contributed by atoms with Crippen LogP contribution in [0, 0.1) is 0 Å². The van der Waals surface area contributed by atoms with E-state index in [0.717, 1.165) is 50.8 Å². The summed E-state index contributed by atoms with van der Waals surface area (Å²) >= 11 is 0. The molecule has 1 heterocycles. The van der Waals surface area contributed by atoms with E-state index in [2.05, 4.69) is 15.5 Å². The molecule has 0 atom stereocenters. The number of aromatic hydroxyl groups is 1. The number of aryl methyl sites for hydroxylation is 2. The third kappa shape index (κ3) is 7.94. The molecule has 0 saturated carbocycles. The number of carbonyl (C=O) groups is 2. The highest BCUT2D eigenvalue weighted by Gasteiger charge is 2.15. The molecule has 2 aromatic rings. The molecule has 0 radical (unpaired) electrons. The van der Waals surface area contributed by atoms with Crippen molar-refractivity contribution in [2.45, 2.75) is 84.6 Å². The molecule has 176 valence electrons. The largest absolute Gasteiger partial charge is 0.507 e. The Kier molecular flexibility index (Phi) is 10.6. The van der Waals surface area contributed by atoms with Crippen LogP contribution in [0.15, 0.2) is 12.1 Å². The quantitative estimate of drug-likeness (QED) is 0.293. The van der Waals surface area contributed by atoms with E-state index >= 15 is 0 Å². The first-order chi connectivity index (χ1) is 15.4. The molecule has 0 aliphatic rings. The molecule has 0 aliphatic carbocycles. The SMILES string of the molecule is CCCc1c(OCCCCCCc2nnnn2CCCCC(=O)O)ccc(C(C)=O)c1O. The monoisotopic (exact) mass is 446 g/mol. The van der Waals surface area contributed by atoms with E-state index in [-0.39, 0.29) is 18.0 Å². The number of carboxylic acids is 1. The van der Waals surface area contributed by atoms with Gasteiger partial charge in [-0.3, -0.25) is 9.59 Å². The molecule has 2 rings (SSSR count). The lowest BCUT2D eigenvalue weighted by atomic mass is 10.0. The average Bonchev–Trinajstić information content (AvgIpc) is 3.19. The number of phenolic OH excluding ortho intramolecular Hbond substituents is 1. The number of hydrogen-bond acceptors (Lipinski definition) is 7. The minimum absolute atomic E-state index is 0.0394. The van der Waals surface area contributed by atoms with Crippen molar-refractivity contribution >= 4 is 11.8 Å². The van der Waals surface area contributed by atoms with Gasteiger partial charge in [0.1, 0.15) is 11.5 Å². The third-order valence-corrected chi connectivity index (χ3v) is 5.29. The van der Waals surface area contributed by atoms with Crippen molar-refractivity contribution in [2.75, 3.05) is 6.61 Å². The summed E-state index contributed by atoms with van der Waals surface area (Å²) in [5, 5.41) is 30.9. The van der Waals surface area contributed by atoms with E-state index in [1.54, 1.807) is 16.8 Å². The average molecular weight is 447 g/mol. The first-order valence-corrected chi connectivity index (χ1v) is 11.4. The number of rotatable bonds is 16. The van der Waals surface area contributed by atoms with Gasteiger partial charge in [-0.1, -0.05) is 26.2 Å². The van der Waals surface area contributed by atoms with E-state index in [9.17, 15) is 14.7 Å². The molecule has 0 bridgehead atoms. The summed E-state index contributed by atoms with van der Waals surface area (Å²) in [6.07, 6.45) is 7.69. The normalized spacial score (nSPS) is 10.9. The Balaban J connectivity index is 1.69. The van der Waals surface area contributed by atoms with Gasteiger partial charge in [0.2, 0.25) is 0 Å². The second-order valence-electron chi connectivity index (χ2n) is 7.93. The number of nitrogens with zero attached hydrogens (tertiary/aromatic N) is 4. The van der Waals surface area contributed by atoms with Gasteiger partial charge in [0.15, 0.2) is 11.6 Å². The van der Waals surface area contributed by atoms with Crippen LogP contribution in [0.1, 0.15) is 87.0 Å². The van der Waals surface area contributed by atoms with E-state index in [1.807, 2.05) is 6.92 Å². The number of Topliss-reactive ketones (excluding diaryl/α,β-unsaturated/α-hetero) is 1. The van der Waals surface area contributed by atoms with Gasteiger partial charge in [0.05, 0.1) is 12.2 Å². The molecule has 2 N–H and O–H groups in total. The lowest BCUT2D eigenvalue weighted by molar-refractivity contribution is -0.137. The van der Waals surface area contributed by atoms with Crippen LogP contribution in [-0.4, -0.2) is 48.8 Å². The first-order valence-electron chi connectivity index (χ1n) is 11.4. The van der Waals surface area contributed by atoms with Gasteiger partial charge in [0.25, 0.3) is 0 Å². The summed E-state index contributed by atoms with van der Waals surface area (Å²) in [4.78, 5) is 22.2. The number of aliphatic carboxylic acids is 1. The van der Waals surface area contributed by atoms with Gasteiger partial charge in [-0.15, -0.1) is 5.10 Å². The van der Waals surface area contributed by atoms with Crippen LogP contribution in [0.5, 0.6) is 11.5 Å². The highest BCUT2D eigenvalue weighted by atomic mass is 16.5. The first kappa shape index (κ1) is 25.3. The van der Waals surface area contributed by atoms with Crippen molar-refractivity contribution < 1.29 is 24.5 Å². The van der Waals surface area contributed by atoms with Crippen molar-refractivity contribution in [3.63, 3.8) is 0 Å². The van der Waals surface area contributed by atoms with Crippen LogP contribution >= 0.6 is 0 Å². The summed E-state index contributed by atoms with van der Waals surface area (Å²) in [5.74, 6) is 0.589. The molecule has 1 aromatic carbocycles. The molecule has 0 aliphatic heterocycles. The Bertz CT molecular complexity index is 881. The zero-order valence-electron chi connectivity index (χ0n) is 19.0.